The molecule has 0 radical (unpaired) electrons. The minimum Gasteiger partial charge on any atom is -0.357 e. The average Bonchev–Trinajstić information content (AvgIpc) is 3.15. The van der Waals surface area contributed by atoms with Crippen molar-refractivity contribution in [2.75, 3.05) is 29.4 Å². The van der Waals surface area contributed by atoms with Crippen molar-refractivity contribution in [3.63, 3.8) is 0 Å². The number of rotatable bonds is 5. The monoisotopic (exact) mass is 393 g/mol. The third-order valence-corrected chi connectivity index (χ3v) is 5.55. The molecular formula is C22H27N5O2. The van der Waals surface area contributed by atoms with E-state index in [0.29, 0.717) is 12.4 Å². The fraction of sp³-hybridized carbons (Fsp3) is 0.455. The first-order chi connectivity index (χ1) is 14.1. The summed E-state index contributed by atoms with van der Waals surface area (Å²) in [4.78, 5) is 38.1. The van der Waals surface area contributed by atoms with Gasteiger partial charge in [0, 0.05) is 43.5 Å². The largest absolute Gasteiger partial charge is 0.357 e. The van der Waals surface area contributed by atoms with Gasteiger partial charge in [-0.3, -0.25) is 9.59 Å². The van der Waals surface area contributed by atoms with Crippen molar-refractivity contribution in [1.29, 1.82) is 0 Å². The molecule has 1 aromatic heterocycles. The normalized spacial score (nSPS) is 19.5. The summed E-state index contributed by atoms with van der Waals surface area (Å²) in [6.45, 7) is 4.66. The Balaban J connectivity index is 1.37. The van der Waals surface area contributed by atoms with Crippen LogP contribution in [0.3, 0.4) is 0 Å². The van der Waals surface area contributed by atoms with Gasteiger partial charge >= 0.3 is 0 Å². The number of carbonyl (C=O) groups is 2. The SMILES string of the molecule is Cc1cc(N2CCCCC2)nc(CNC(=O)C2CC(=O)N(c3ccccc3)C2)n1. The molecule has 152 valence electrons. The van der Waals surface area contributed by atoms with Gasteiger partial charge in [-0.25, -0.2) is 9.97 Å². The molecule has 0 saturated carbocycles. The third-order valence-electron chi connectivity index (χ3n) is 5.55. The minimum atomic E-state index is -0.353. The second-order valence-corrected chi connectivity index (χ2v) is 7.79. The Morgan fingerprint density at radius 1 is 1.14 bits per heavy atom. The molecule has 2 fully saturated rings. The zero-order valence-corrected chi connectivity index (χ0v) is 16.8. The number of aryl methyl sites for hydroxylation is 1. The van der Waals surface area contributed by atoms with E-state index in [2.05, 4.69) is 20.2 Å². The zero-order chi connectivity index (χ0) is 20.2. The summed E-state index contributed by atoms with van der Waals surface area (Å²) < 4.78 is 0. The van der Waals surface area contributed by atoms with Gasteiger partial charge in [0.25, 0.3) is 0 Å². The first-order valence-electron chi connectivity index (χ1n) is 10.3. The number of aromatic nitrogens is 2. The number of hydrogen-bond acceptors (Lipinski definition) is 5. The highest BCUT2D eigenvalue weighted by molar-refractivity contribution is 6.00. The van der Waals surface area contributed by atoms with Crippen LogP contribution in [-0.2, 0) is 16.1 Å². The van der Waals surface area contributed by atoms with Crippen LogP contribution in [0.15, 0.2) is 36.4 Å². The molecule has 1 aromatic carbocycles. The lowest BCUT2D eigenvalue weighted by molar-refractivity contribution is -0.126. The van der Waals surface area contributed by atoms with E-state index >= 15 is 0 Å². The van der Waals surface area contributed by atoms with E-state index in [0.717, 1.165) is 30.3 Å². The average molecular weight is 393 g/mol. The second kappa shape index (κ2) is 8.59. The molecule has 2 amide bonds. The number of hydrogen-bond donors (Lipinski definition) is 1. The first kappa shape index (κ1) is 19.4. The Morgan fingerprint density at radius 3 is 2.66 bits per heavy atom. The molecule has 7 nitrogen and oxygen atoms in total. The second-order valence-electron chi connectivity index (χ2n) is 7.79. The minimum absolute atomic E-state index is 0.0180. The summed E-state index contributed by atoms with van der Waals surface area (Å²) in [5.41, 5.74) is 1.73. The van der Waals surface area contributed by atoms with Gasteiger partial charge in [-0.05, 0) is 38.3 Å². The van der Waals surface area contributed by atoms with Crippen LogP contribution in [-0.4, -0.2) is 41.4 Å². The maximum absolute atomic E-state index is 12.7. The van der Waals surface area contributed by atoms with Gasteiger partial charge in [0.2, 0.25) is 11.8 Å². The van der Waals surface area contributed by atoms with E-state index in [1.165, 1.54) is 19.3 Å². The van der Waals surface area contributed by atoms with Crippen LogP contribution < -0.4 is 15.1 Å². The van der Waals surface area contributed by atoms with E-state index in [9.17, 15) is 9.59 Å². The third kappa shape index (κ3) is 4.55. The number of anilines is 2. The van der Waals surface area contributed by atoms with Gasteiger partial charge in [-0.1, -0.05) is 18.2 Å². The van der Waals surface area contributed by atoms with Gasteiger partial charge < -0.3 is 15.1 Å². The fourth-order valence-corrected chi connectivity index (χ4v) is 4.03. The van der Waals surface area contributed by atoms with Gasteiger partial charge in [0.15, 0.2) is 0 Å². The molecular weight excluding hydrogens is 366 g/mol. The Kier molecular flexibility index (Phi) is 5.74. The predicted molar refractivity (Wildman–Crippen MR) is 112 cm³/mol. The standard InChI is InChI=1S/C22H27N5O2/c1-16-12-20(26-10-6-3-7-11-26)25-19(24-16)14-23-22(29)17-13-21(28)27(15-17)18-8-4-2-5-9-18/h2,4-5,8-9,12,17H,3,6-7,10-11,13-15H2,1H3,(H,23,29). The molecule has 1 N–H and O–H groups in total. The molecule has 0 spiro atoms. The maximum Gasteiger partial charge on any atom is 0.227 e. The first-order valence-corrected chi connectivity index (χ1v) is 10.3. The summed E-state index contributed by atoms with van der Waals surface area (Å²) in [7, 11) is 0. The summed E-state index contributed by atoms with van der Waals surface area (Å²) in [6.07, 6.45) is 3.86. The Morgan fingerprint density at radius 2 is 1.90 bits per heavy atom. The summed E-state index contributed by atoms with van der Waals surface area (Å²) >= 11 is 0. The Labute approximate surface area is 171 Å². The van der Waals surface area contributed by atoms with Gasteiger partial charge in [0.1, 0.15) is 11.6 Å². The highest BCUT2D eigenvalue weighted by Gasteiger charge is 2.35. The highest BCUT2D eigenvalue weighted by Crippen LogP contribution is 2.25. The molecule has 1 atom stereocenters. The Hall–Kier alpha value is -2.96. The smallest absolute Gasteiger partial charge is 0.227 e. The van der Waals surface area contributed by atoms with Crippen LogP contribution >= 0.6 is 0 Å². The summed E-state index contributed by atoms with van der Waals surface area (Å²) in [5, 5.41) is 2.93. The van der Waals surface area contributed by atoms with Crippen LogP contribution in [0.25, 0.3) is 0 Å². The van der Waals surface area contributed by atoms with Crippen LogP contribution in [0.5, 0.6) is 0 Å². The molecule has 2 aromatic rings. The van der Waals surface area contributed by atoms with Crippen molar-refractivity contribution in [2.45, 2.75) is 39.2 Å². The number of nitrogens with zero attached hydrogens (tertiary/aromatic N) is 4. The Bertz CT molecular complexity index is 880. The lowest BCUT2D eigenvalue weighted by atomic mass is 10.1. The molecule has 2 aliphatic rings. The van der Waals surface area contributed by atoms with Gasteiger partial charge in [-0.2, -0.15) is 0 Å². The van der Waals surface area contributed by atoms with Gasteiger partial charge in [0.05, 0.1) is 12.5 Å². The van der Waals surface area contributed by atoms with Crippen molar-refractivity contribution < 1.29 is 9.59 Å². The summed E-state index contributed by atoms with van der Waals surface area (Å²) in [5.74, 6) is 1.06. The van der Waals surface area contributed by atoms with Crippen LogP contribution in [0.4, 0.5) is 11.5 Å². The van der Waals surface area contributed by atoms with Crippen LogP contribution in [0.1, 0.15) is 37.2 Å². The number of para-hydroxylation sites is 1. The predicted octanol–water partition coefficient (Wildman–Crippen LogP) is 2.44. The highest BCUT2D eigenvalue weighted by atomic mass is 16.2. The lowest BCUT2D eigenvalue weighted by Gasteiger charge is -2.28. The van der Waals surface area contributed by atoms with Crippen molar-refractivity contribution in [3.8, 4) is 0 Å². The fourth-order valence-electron chi connectivity index (χ4n) is 4.03. The van der Waals surface area contributed by atoms with Crippen molar-refractivity contribution in [3.05, 3.63) is 47.9 Å². The molecule has 0 aliphatic carbocycles. The zero-order valence-electron chi connectivity index (χ0n) is 16.8. The maximum atomic E-state index is 12.7. The van der Waals surface area contributed by atoms with Crippen LogP contribution in [0.2, 0.25) is 0 Å². The molecule has 29 heavy (non-hydrogen) atoms. The van der Waals surface area contributed by atoms with Crippen LogP contribution in [0, 0.1) is 12.8 Å². The van der Waals surface area contributed by atoms with Crippen molar-refractivity contribution in [1.82, 2.24) is 15.3 Å². The quantitative estimate of drug-likeness (QED) is 0.844. The van der Waals surface area contributed by atoms with Crippen molar-refractivity contribution >= 4 is 23.3 Å². The number of nitrogens with one attached hydrogen (secondary N) is 1. The van der Waals surface area contributed by atoms with E-state index in [1.807, 2.05) is 43.3 Å². The molecule has 0 bridgehead atoms. The lowest BCUT2D eigenvalue weighted by Crippen LogP contribution is -2.34. The molecule has 3 heterocycles. The van der Waals surface area contributed by atoms with Crippen molar-refractivity contribution in [2.24, 2.45) is 5.92 Å². The van der Waals surface area contributed by atoms with E-state index in [1.54, 1.807) is 4.90 Å². The van der Waals surface area contributed by atoms with E-state index in [4.69, 9.17) is 0 Å². The molecule has 2 saturated heterocycles. The number of carbonyl (C=O) groups excluding carboxylic acids is 2. The van der Waals surface area contributed by atoms with Gasteiger partial charge in [-0.15, -0.1) is 0 Å². The number of piperidine rings is 1. The molecule has 2 aliphatic heterocycles. The number of benzene rings is 1. The summed E-state index contributed by atoms with van der Waals surface area (Å²) in [6, 6.07) is 11.5. The van der Waals surface area contributed by atoms with E-state index in [-0.39, 0.29) is 30.7 Å². The van der Waals surface area contributed by atoms with E-state index < -0.39 is 0 Å². The molecule has 4 rings (SSSR count). The topological polar surface area (TPSA) is 78.4 Å². The number of amides is 2. The molecule has 1 unspecified atom stereocenters. The molecule has 7 heteroatoms.